The second kappa shape index (κ2) is 14.7. The van der Waals surface area contributed by atoms with Gasteiger partial charge in [-0.3, -0.25) is 0 Å². The topological polar surface area (TPSA) is 54.0 Å². The van der Waals surface area contributed by atoms with Crippen molar-refractivity contribution in [2.45, 2.75) is 133 Å². The molecule has 3 aromatic rings. The van der Waals surface area contributed by atoms with Crippen LogP contribution < -0.4 is 9.97 Å². The first-order valence-electron chi connectivity index (χ1n) is 17.5. The maximum atomic E-state index is 5.52. The first-order valence-corrected chi connectivity index (χ1v) is 17.5. The molecule has 45 heavy (non-hydrogen) atoms. The molecule has 0 fully saturated rings. The first kappa shape index (κ1) is 35.0. The second-order valence-corrected chi connectivity index (χ2v) is 12.3. The number of hydrogen-bond donors (Lipinski definition) is 0. The van der Waals surface area contributed by atoms with Crippen LogP contribution in [0.25, 0.3) is 44.4 Å². The van der Waals surface area contributed by atoms with Gasteiger partial charge in [0.1, 0.15) is 0 Å². The van der Waals surface area contributed by atoms with Crippen LogP contribution in [0.3, 0.4) is 0 Å². The van der Waals surface area contributed by atoms with Gasteiger partial charge in [-0.25, -0.2) is 9.97 Å². The van der Waals surface area contributed by atoms with E-state index >= 15 is 0 Å². The van der Waals surface area contributed by atoms with Gasteiger partial charge in [0.25, 0.3) is 0 Å². The minimum absolute atomic E-state index is 0. The van der Waals surface area contributed by atoms with Gasteiger partial charge in [0, 0.05) is 0 Å². The maximum Gasteiger partial charge on any atom is 2.00 e. The first-order chi connectivity index (χ1) is 21.3. The number of rotatable bonds is 10. The fourth-order valence-electron chi connectivity index (χ4n) is 7.72. The van der Waals surface area contributed by atoms with Gasteiger partial charge in [-0.15, -0.1) is 22.1 Å². The van der Waals surface area contributed by atoms with E-state index in [2.05, 4.69) is 87.4 Å². The van der Waals surface area contributed by atoms with E-state index in [0.29, 0.717) is 5.92 Å². The number of allylic oxidation sites excluding steroid dienone is 4. The van der Waals surface area contributed by atoms with E-state index in [1.54, 1.807) is 0 Å². The van der Waals surface area contributed by atoms with Gasteiger partial charge < -0.3 is 9.97 Å². The van der Waals surface area contributed by atoms with Crippen molar-refractivity contribution < 1.29 is 16.5 Å². The van der Waals surface area contributed by atoms with E-state index < -0.39 is 0 Å². The molecule has 0 N–H and O–H groups in total. The molecule has 0 spiro atoms. The zero-order valence-corrected chi connectivity index (χ0v) is 30.3. The molecule has 0 amide bonds. The van der Waals surface area contributed by atoms with Crippen molar-refractivity contribution in [3.8, 4) is 0 Å². The van der Waals surface area contributed by atoms with Gasteiger partial charge in [-0.2, -0.15) is 0 Å². The summed E-state index contributed by atoms with van der Waals surface area (Å²) in [7, 11) is 0. The van der Waals surface area contributed by atoms with Crippen molar-refractivity contribution in [1.82, 2.24) is 19.9 Å². The molecule has 5 heteroatoms. The third kappa shape index (κ3) is 5.91. The Kier molecular flexibility index (Phi) is 11.4. The molecular formula is C40H52N4Ni. The monoisotopic (exact) mass is 646 g/mol. The van der Waals surface area contributed by atoms with Crippen LogP contribution in [-0.2, 0) is 42.2 Å². The Balaban J connectivity index is 0.00000461. The molecule has 242 valence electrons. The number of nitrogens with zero attached hydrogens (tertiary/aromatic N) is 4. The molecule has 5 rings (SSSR count). The number of hydrogen-bond acceptors (Lipinski definition) is 2. The normalized spacial score (nSPS) is 13.9. The van der Waals surface area contributed by atoms with Crippen LogP contribution in [0.2, 0.25) is 0 Å². The van der Waals surface area contributed by atoms with Crippen molar-refractivity contribution in [1.29, 1.82) is 0 Å². The van der Waals surface area contributed by atoms with Crippen LogP contribution in [-0.4, -0.2) is 9.97 Å². The largest absolute Gasteiger partial charge is 2.00 e. The third-order valence-corrected chi connectivity index (χ3v) is 10.1. The molecule has 5 heterocycles. The summed E-state index contributed by atoms with van der Waals surface area (Å²) in [5.41, 5.74) is 20.9. The molecule has 2 aliphatic rings. The summed E-state index contributed by atoms with van der Waals surface area (Å²) in [4.78, 5) is 21.7. The predicted molar refractivity (Wildman–Crippen MR) is 190 cm³/mol. The molecule has 0 saturated carbocycles. The number of aromatic nitrogens is 4. The van der Waals surface area contributed by atoms with E-state index in [-0.39, 0.29) is 16.5 Å². The van der Waals surface area contributed by atoms with Crippen molar-refractivity contribution in [2.24, 2.45) is 0 Å². The standard InChI is InChI=1S/C40H52N4.Ni/c1-11-23(10)38-39-30(18-8)28(16-6)36(43-39)21-34-26(14-4)24(12-2)32(41-34)20-33-25(13-3)27(15-5)35(42-33)22-37-29(17-7)31(19-9)40(38)44-37;/h20-23H,11-19H2,1-10H3;/q-2;+2. The van der Waals surface area contributed by atoms with Gasteiger partial charge in [0.05, 0.1) is 22.8 Å². The van der Waals surface area contributed by atoms with Gasteiger partial charge in [-0.05, 0) is 91.6 Å². The van der Waals surface area contributed by atoms with E-state index in [1.165, 1.54) is 50.1 Å². The van der Waals surface area contributed by atoms with Crippen LogP contribution in [0, 0.1) is 0 Å². The molecule has 8 bridgehead atoms. The summed E-state index contributed by atoms with van der Waals surface area (Å²) in [6, 6.07) is 6.83. The molecule has 3 aromatic heterocycles. The zero-order valence-electron chi connectivity index (χ0n) is 29.3. The smallest absolute Gasteiger partial charge is 0.657 e. The number of aryl methyl sites for hydroxylation is 4. The fraction of sp³-hybridized carbons (Fsp3) is 0.500. The molecule has 2 aliphatic heterocycles. The summed E-state index contributed by atoms with van der Waals surface area (Å²) >= 11 is 0. The van der Waals surface area contributed by atoms with E-state index in [4.69, 9.17) is 19.9 Å². The van der Waals surface area contributed by atoms with E-state index in [0.717, 1.165) is 103 Å². The van der Waals surface area contributed by atoms with Gasteiger partial charge in [0.2, 0.25) is 0 Å². The Bertz CT molecular complexity index is 1800. The molecule has 1 unspecified atom stereocenters. The number of fused-ring (bicyclic) bond motifs is 8. The average molecular weight is 648 g/mol. The van der Waals surface area contributed by atoms with Crippen LogP contribution in [0.15, 0.2) is 18.2 Å². The van der Waals surface area contributed by atoms with Crippen LogP contribution in [0.4, 0.5) is 0 Å². The molecule has 4 nitrogen and oxygen atoms in total. The van der Waals surface area contributed by atoms with Crippen molar-refractivity contribution in [3.63, 3.8) is 0 Å². The Morgan fingerprint density at radius 1 is 0.511 bits per heavy atom. The van der Waals surface area contributed by atoms with Crippen molar-refractivity contribution >= 4 is 44.4 Å². The zero-order chi connectivity index (χ0) is 31.7. The van der Waals surface area contributed by atoms with E-state index in [1.807, 2.05) is 0 Å². The van der Waals surface area contributed by atoms with Gasteiger partial charge in [-0.1, -0.05) is 110 Å². The Hall–Kier alpha value is -2.91. The van der Waals surface area contributed by atoms with Crippen molar-refractivity contribution in [2.75, 3.05) is 0 Å². The molecule has 1 atom stereocenters. The fourth-order valence-corrected chi connectivity index (χ4v) is 7.72. The molecule has 0 saturated heterocycles. The molecule has 0 aromatic carbocycles. The van der Waals surface area contributed by atoms with Crippen LogP contribution >= 0.6 is 0 Å². The van der Waals surface area contributed by atoms with Gasteiger partial charge >= 0.3 is 16.5 Å². The van der Waals surface area contributed by atoms with Gasteiger partial charge in [0.15, 0.2) is 0 Å². The summed E-state index contributed by atoms with van der Waals surface area (Å²) in [6.45, 7) is 22.8. The summed E-state index contributed by atoms with van der Waals surface area (Å²) in [6.07, 6.45) is 8.64. The average Bonchev–Trinajstić information content (AvgIpc) is 3.76. The van der Waals surface area contributed by atoms with Crippen LogP contribution in [0.5, 0.6) is 0 Å². The van der Waals surface area contributed by atoms with Crippen LogP contribution in [0.1, 0.15) is 158 Å². The molecular weight excluding hydrogens is 595 g/mol. The SMILES string of the molecule is CCC1=C(CC)c2cc3[n-]c(c(CC)c3CC)c(C(C)CC)c3nc(cc4[n-]c(cc1n2)c(CC)c4CC)C(CC)=C3CC.[Ni+2]. The minimum Gasteiger partial charge on any atom is -0.657 e. The predicted octanol–water partition coefficient (Wildman–Crippen LogP) is 10.8. The Morgan fingerprint density at radius 3 is 1.33 bits per heavy atom. The minimum atomic E-state index is 0. The molecule has 0 radical (unpaired) electrons. The summed E-state index contributed by atoms with van der Waals surface area (Å²) in [5.74, 6) is 0.335. The second-order valence-electron chi connectivity index (χ2n) is 12.3. The quantitative estimate of drug-likeness (QED) is 0.206. The maximum absolute atomic E-state index is 5.52. The Labute approximate surface area is 281 Å². The van der Waals surface area contributed by atoms with Crippen molar-refractivity contribution in [3.05, 3.63) is 68.8 Å². The Morgan fingerprint density at radius 2 is 0.911 bits per heavy atom. The summed E-state index contributed by atoms with van der Waals surface area (Å²) in [5, 5.41) is 0. The van der Waals surface area contributed by atoms with E-state index in [9.17, 15) is 0 Å². The summed E-state index contributed by atoms with van der Waals surface area (Å²) < 4.78 is 0. The third-order valence-electron chi connectivity index (χ3n) is 10.1. The molecule has 0 aliphatic carbocycles.